The Morgan fingerprint density at radius 1 is 1.25 bits per heavy atom. The van der Waals surface area contributed by atoms with Gasteiger partial charge in [-0.1, -0.05) is 0 Å². The number of nitrogens with one attached hydrogen (secondary N) is 3. The normalized spacial score (nSPS) is 29.2. The highest BCUT2D eigenvalue weighted by atomic mass is 32.2. The molecule has 0 spiro atoms. The topological polar surface area (TPSA) is 53.2 Å². The van der Waals surface area contributed by atoms with Crippen molar-refractivity contribution < 1.29 is 4.79 Å². The Morgan fingerprint density at radius 3 is 2.69 bits per heavy atom. The molecule has 0 radical (unpaired) electrons. The van der Waals surface area contributed by atoms with Gasteiger partial charge in [-0.2, -0.15) is 11.8 Å². The molecule has 0 bridgehead atoms. The first kappa shape index (κ1) is 12.0. The number of amides is 2. The van der Waals surface area contributed by atoms with Gasteiger partial charge in [0.2, 0.25) is 0 Å². The van der Waals surface area contributed by atoms with E-state index < -0.39 is 0 Å². The van der Waals surface area contributed by atoms with Crippen LogP contribution in [-0.2, 0) is 0 Å². The molecular formula is C11H21N3OS. The van der Waals surface area contributed by atoms with E-state index in [1.165, 1.54) is 24.3 Å². The largest absolute Gasteiger partial charge is 0.338 e. The highest BCUT2D eigenvalue weighted by Gasteiger charge is 2.17. The minimum absolute atomic E-state index is 0.00352. The van der Waals surface area contributed by atoms with Gasteiger partial charge < -0.3 is 16.0 Å². The summed E-state index contributed by atoms with van der Waals surface area (Å²) in [6.45, 7) is 3.77. The SMILES string of the molecule is O=C(NCC1CCNC1)NCC1CCSC1. The zero-order valence-electron chi connectivity index (χ0n) is 9.63. The second-order valence-corrected chi connectivity index (χ2v) is 5.83. The number of hydrogen-bond donors (Lipinski definition) is 3. The van der Waals surface area contributed by atoms with Crippen LogP contribution in [0, 0.1) is 11.8 Å². The fourth-order valence-electron chi connectivity index (χ4n) is 2.17. The van der Waals surface area contributed by atoms with E-state index in [1.807, 2.05) is 11.8 Å². The van der Waals surface area contributed by atoms with E-state index in [0.29, 0.717) is 11.8 Å². The van der Waals surface area contributed by atoms with Gasteiger partial charge in [-0.3, -0.25) is 0 Å². The van der Waals surface area contributed by atoms with Gasteiger partial charge in [0.05, 0.1) is 0 Å². The highest BCUT2D eigenvalue weighted by molar-refractivity contribution is 7.99. The lowest BCUT2D eigenvalue weighted by atomic mass is 10.1. The molecule has 92 valence electrons. The number of carbonyl (C=O) groups is 1. The number of thioether (sulfide) groups is 1. The molecule has 3 N–H and O–H groups in total. The van der Waals surface area contributed by atoms with E-state index in [1.54, 1.807) is 0 Å². The van der Waals surface area contributed by atoms with Crippen LogP contribution in [-0.4, -0.2) is 43.7 Å². The Balaban J connectivity index is 1.53. The van der Waals surface area contributed by atoms with Crippen molar-refractivity contribution in [3.63, 3.8) is 0 Å². The van der Waals surface area contributed by atoms with E-state index in [2.05, 4.69) is 16.0 Å². The smallest absolute Gasteiger partial charge is 0.314 e. The molecule has 0 saturated carbocycles. The Morgan fingerprint density at radius 2 is 2.06 bits per heavy atom. The molecule has 2 atom stereocenters. The van der Waals surface area contributed by atoms with Gasteiger partial charge in [-0.15, -0.1) is 0 Å². The molecule has 2 fully saturated rings. The van der Waals surface area contributed by atoms with Crippen molar-refractivity contribution in [2.24, 2.45) is 11.8 Å². The Kier molecular flexibility index (Phi) is 4.78. The maximum atomic E-state index is 11.5. The van der Waals surface area contributed by atoms with E-state index in [4.69, 9.17) is 0 Å². The molecule has 0 aromatic heterocycles. The number of rotatable bonds is 4. The van der Waals surface area contributed by atoms with E-state index >= 15 is 0 Å². The van der Waals surface area contributed by atoms with Crippen molar-refractivity contribution in [2.75, 3.05) is 37.7 Å². The van der Waals surface area contributed by atoms with Gasteiger partial charge in [-0.05, 0) is 49.3 Å². The van der Waals surface area contributed by atoms with Crippen molar-refractivity contribution in [1.82, 2.24) is 16.0 Å². The zero-order valence-corrected chi connectivity index (χ0v) is 10.4. The Labute approximate surface area is 101 Å². The number of carbonyl (C=O) groups excluding carboxylic acids is 1. The van der Waals surface area contributed by atoms with Gasteiger partial charge in [0.1, 0.15) is 0 Å². The summed E-state index contributed by atoms with van der Waals surface area (Å²) < 4.78 is 0. The lowest BCUT2D eigenvalue weighted by Crippen LogP contribution is -2.40. The third-order valence-electron chi connectivity index (χ3n) is 3.29. The summed E-state index contributed by atoms with van der Waals surface area (Å²) in [6.07, 6.45) is 2.43. The predicted molar refractivity (Wildman–Crippen MR) is 67.8 cm³/mol. The van der Waals surface area contributed by atoms with Crippen molar-refractivity contribution in [3.05, 3.63) is 0 Å². The van der Waals surface area contributed by atoms with Crippen LogP contribution in [0.25, 0.3) is 0 Å². The van der Waals surface area contributed by atoms with E-state index in [9.17, 15) is 4.79 Å². The maximum absolute atomic E-state index is 11.5. The van der Waals surface area contributed by atoms with Crippen LogP contribution >= 0.6 is 11.8 Å². The highest BCUT2D eigenvalue weighted by Crippen LogP contribution is 2.22. The Bertz CT molecular complexity index is 203. The fourth-order valence-corrected chi connectivity index (χ4v) is 3.45. The van der Waals surface area contributed by atoms with Crippen LogP contribution in [0.15, 0.2) is 0 Å². The zero-order chi connectivity index (χ0) is 11.2. The lowest BCUT2D eigenvalue weighted by molar-refractivity contribution is 0.237. The van der Waals surface area contributed by atoms with Crippen molar-refractivity contribution in [2.45, 2.75) is 12.8 Å². The van der Waals surface area contributed by atoms with Crippen LogP contribution in [0.3, 0.4) is 0 Å². The monoisotopic (exact) mass is 243 g/mol. The average Bonchev–Trinajstić information content (AvgIpc) is 2.96. The molecular weight excluding hydrogens is 222 g/mol. The molecule has 2 unspecified atom stereocenters. The summed E-state index contributed by atoms with van der Waals surface area (Å²) in [7, 11) is 0. The van der Waals surface area contributed by atoms with Gasteiger partial charge in [0, 0.05) is 13.1 Å². The van der Waals surface area contributed by atoms with Gasteiger partial charge in [-0.25, -0.2) is 4.79 Å². The minimum Gasteiger partial charge on any atom is -0.338 e. The summed E-state index contributed by atoms with van der Waals surface area (Å²) in [5, 5.41) is 9.21. The second kappa shape index (κ2) is 6.35. The summed E-state index contributed by atoms with van der Waals surface area (Å²) in [5.74, 6) is 3.76. The molecule has 4 nitrogen and oxygen atoms in total. The van der Waals surface area contributed by atoms with Crippen LogP contribution in [0.5, 0.6) is 0 Å². The van der Waals surface area contributed by atoms with Crippen LogP contribution in [0.1, 0.15) is 12.8 Å². The van der Waals surface area contributed by atoms with Crippen molar-refractivity contribution in [1.29, 1.82) is 0 Å². The predicted octanol–water partition coefficient (Wildman–Crippen LogP) is 0.648. The van der Waals surface area contributed by atoms with E-state index in [0.717, 1.165) is 26.2 Å². The number of urea groups is 1. The van der Waals surface area contributed by atoms with Crippen LogP contribution in [0.2, 0.25) is 0 Å². The quantitative estimate of drug-likeness (QED) is 0.679. The maximum Gasteiger partial charge on any atom is 0.314 e. The van der Waals surface area contributed by atoms with Crippen LogP contribution in [0.4, 0.5) is 4.79 Å². The summed E-state index contributed by atoms with van der Waals surface area (Å²) in [4.78, 5) is 11.5. The third kappa shape index (κ3) is 3.87. The van der Waals surface area contributed by atoms with Gasteiger partial charge in [0.25, 0.3) is 0 Å². The molecule has 5 heteroatoms. The first-order chi connectivity index (χ1) is 7.84. The van der Waals surface area contributed by atoms with Gasteiger partial charge >= 0.3 is 6.03 Å². The molecule has 2 aliphatic heterocycles. The summed E-state index contributed by atoms with van der Waals surface area (Å²) in [5.41, 5.74) is 0. The average molecular weight is 243 g/mol. The molecule has 2 amide bonds. The molecule has 2 aliphatic rings. The Hall–Kier alpha value is -0.420. The molecule has 0 aromatic carbocycles. The fraction of sp³-hybridized carbons (Fsp3) is 0.909. The molecule has 0 aromatic rings. The van der Waals surface area contributed by atoms with Gasteiger partial charge in [0.15, 0.2) is 0 Å². The molecule has 2 saturated heterocycles. The summed E-state index contributed by atoms with van der Waals surface area (Å²) >= 11 is 1.99. The molecule has 2 rings (SSSR count). The molecule has 2 heterocycles. The first-order valence-electron chi connectivity index (χ1n) is 6.15. The minimum atomic E-state index is 0.00352. The van der Waals surface area contributed by atoms with Crippen molar-refractivity contribution >= 4 is 17.8 Å². The summed E-state index contributed by atoms with van der Waals surface area (Å²) in [6, 6.07) is 0.00352. The third-order valence-corrected chi connectivity index (χ3v) is 4.52. The lowest BCUT2D eigenvalue weighted by Gasteiger charge is -2.13. The van der Waals surface area contributed by atoms with E-state index in [-0.39, 0.29) is 6.03 Å². The van der Waals surface area contributed by atoms with Crippen LogP contribution < -0.4 is 16.0 Å². The first-order valence-corrected chi connectivity index (χ1v) is 7.30. The second-order valence-electron chi connectivity index (χ2n) is 4.68. The molecule has 16 heavy (non-hydrogen) atoms. The molecule has 0 aliphatic carbocycles. The van der Waals surface area contributed by atoms with Crippen molar-refractivity contribution in [3.8, 4) is 0 Å². The number of hydrogen-bond acceptors (Lipinski definition) is 3. The standard InChI is InChI=1S/C11H21N3OS/c15-11(13-6-9-1-3-12-5-9)14-7-10-2-4-16-8-10/h9-10,12H,1-8H2,(H2,13,14,15).